The normalized spacial score (nSPS) is 12.0. The fourth-order valence-corrected chi connectivity index (χ4v) is 3.15. The van der Waals surface area contributed by atoms with Gasteiger partial charge in [-0.25, -0.2) is 13.8 Å². The molecule has 0 spiro atoms. The third-order valence-corrected chi connectivity index (χ3v) is 4.88. The molecule has 0 amide bonds. The van der Waals surface area contributed by atoms with Crippen LogP contribution in [0.5, 0.6) is 5.75 Å². The van der Waals surface area contributed by atoms with Gasteiger partial charge in [-0.2, -0.15) is 0 Å². The molecule has 0 aliphatic heterocycles. The summed E-state index contributed by atoms with van der Waals surface area (Å²) in [4.78, 5) is 5.50. The van der Waals surface area contributed by atoms with Crippen LogP contribution < -0.4 is 4.74 Å². The van der Waals surface area contributed by atoms with Gasteiger partial charge in [0.2, 0.25) is 5.90 Å². The van der Waals surface area contributed by atoms with Crippen molar-refractivity contribution in [3.05, 3.63) is 101 Å². The molecule has 2 nitrogen and oxygen atoms in total. The fourth-order valence-electron chi connectivity index (χ4n) is 2.49. The van der Waals surface area contributed by atoms with Gasteiger partial charge in [0.15, 0.2) is 11.6 Å². The van der Waals surface area contributed by atoms with Gasteiger partial charge >= 0.3 is 0 Å². The summed E-state index contributed by atoms with van der Waals surface area (Å²) in [6.45, 7) is 4.23. The highest BCUT2D eigenvalue weighted by Gasteiger charge is 2.08. The van der Waals surface area contributed by atoms with Crippen LogP contribution in [0.25, 0.3) is 0 Å². The second-order valence-electron chi connectivity index (χ2n) is 6.61. The van der Waals surface area contributed by atoms with Crippen LogP contribution in [0.2, 0.25) is 0 Å². The quantitative estimate of drug-likeness (QED) is 0.239. The molecule has 0 radical (unpaired) electrons. The third-order valence-electron chi connectivity index (χ3n) is 4.06. The first kappa shape index (κ1) is 20.8. The number of hydrogen-bond acceptors (Lipinski definition) is 3. The van der Waals surface area contributed by atoms with Gasteiger partial charge < -0.3 is 4.74 Å². The zero-order chi connectivity index (χ0) is 20.6. The van der Waals surface area contributed by atoms with Crippen molar-refractivity contribution in [2.45, 2.75) is 24.7 Å². The Balaban J connectivity index is 1.86. The Hall–Kier alpha value is -2.92. The van der Waals surface area contributed by atoms with E-state index in [1.165, 1.54) is 17.3 Å². The summed E-state index contributed by atoms with van der Waals surface area (Å²) >= 11 is 1.47. The van der Waals surface area contributed by atoms with Crippen molar-refractivity contribution >= 4 is 23.3 Å². The zero-order valence-corrected chi connectivity index (χ0v) is 17.0. The largest absolute Gasteiger partial charge is 0.436 e. The number of benzene rings is 3. The summed E-state index contributed by atoms with van der Waals surface area (Å²) in [5, 5.41) is 1.80. The third kappa shape index (κ3) is 6.29. The first-order chi connectivity index (χ1) is 14.0. The van der Waals surface area contributed by atoms with Crippen LogP contribution >= 0.6 is 11.8 Å². The average Bonchev–Trinajstić information content (AvgIpc) is 2.72. The molecule has 0 saturated carbocycles. The summed E-state index contributed by atoms with van der Waals surface area (Å²) in [5.74, 6) is -0.873. The lowest BCUT2D eigenvalue weighted by atomic mass is 10.0. The van der Waals surface area contributed by atoms with Crippen molar-refractivity contribution < 1.29 is 13.5 Å². The SMILES string of the molecule is CC(C)c1ccc(N=C(C=CSc2ccccc2)Oc2cc(F)ccc2F)cc1. The van der Waals surface area contributed by atoms with E-state index in [2.05, 4.69) is 18.8 Å². The Kier molecular flexibility index (Phi) is 7.19. The van der Waals surface area contributed by atoms with E-state index in [1.807, 2.05) is 54.6 Å². The molecule has 3 aromatic carbocycles. The molecule has 0 fully saturated rings. The molecule has 3 aromatic rings. The zero-order valence-electron chi connectivity index (χ0n) is 16.2. The van der Waals surface area contributed by atoms with Crippen molar-refractivity contribution in [1.29, 1.82) is 0 Å². The van der Waals surface area contributed by atoms with Gasteiger partial charge in [-0.15, -0.1) is 0 Å². The molecule has 148 valence electrons. The predicted molar refractivity (Wildman–Crippen MR) is 116 cm³/mol. The average molecular weight is 410 g/mol. The minimum absolute atomic E-state index is 0.162. The van der Waals surface area contributed by atoms with Gasteiger partial charge in [0, 0.05) is 17.0 Å². The molecule has 0 saturated heterocycles. The fraction of sp³-hybridized carbons (Fsp3) is 0.125. The van der Waals surface area contributed by atoms with Crippen molar-refractivity contribution in [2.75, 3.05) is 0 Å². The van der Waals surface area contributed by atoms with Crippen molar-refractivity contribution in [3.63, 3.8) is 0 Å². The van der Waals surface area contributed by atoms with Crippen molar-refractivity contribution in [3.8, 4) is 5.75 Å². The molecule has 0 heterocycles. The second kappa shape index (κ2) is 10.0. The number of ether oxygens (including phenoxy) is 1. The van der Waals surface area contributed by atoms with Gasteiger partial charge in [-0.1, -0.05) is 55.9 Å². The van der Waals surface area contributed by atoms with Gasteiger partial charge in [-0.05, 0) is 53.3 Å². The van der Waals surface area contributed by atoms with E-state index in [0.29, 0.717) is 11.6 Å². The molecule has 0 aliphatic rings. The van der Waals surface area contributed by atoms with Crippen LogP contribution in [0, 0.1) is 11.6 Å². The maximum absolute atomic E-state index is 14.0. The molecule has 0 bridgehead atoms. The van der Waals surface area contributed by atoms with Crippen molar-refractivity contribution in [2.24, 2.45) is 4.99 Å². The Bertz CT molecular complexity index is 999. The van der Waals surface area contributed by atoms with Crippen molar-refractivity contribution in [1.82, 2.24) is 0 Å². The van der Waals surface area contributed by atoms with Gasteiger partial charge in [0.05, 0.1) is 5.69 Å². The van der Waals surface area contributed by atoms with Gasteiger partial charge in [0.25, 0.3) is 0 Å². The Morgan fingerprint density at radius 3 is 2.38 bits per heavy atom. The van der Waals surface area contributed by atoms with Crippen LogP contribution in [0.1, 0.15) is 25.3 Å². The Labute approximate surface area is 174 Å². The van der Waals surface area contributed by atoms with E-state index in [-0.39, 0.29) is 11.6 Å². The van der Waals surface area contributed by atoms with E-state index in [9.17, 15) is 8.78 Å². The smallest absolute Gasteiger partial charge is 0.220 e. The molecule has 29 heavy (non-hydrogen) atoms. The number of thioether (sulfide) groups is 1. The Morgan fingerprint density at radius 1 is 0.966 bits per heavy atom. The number of halogens is 2. The van der Waals surface area contributed by atoms with E-state index < -0.39 is 11.6 Å². The molecule has 0 aromatic heterocycles. The first-order valence-electron chi connectivity index (χ1n) is 9.21. The molecule has 3 rings (SSSR count). The maximum Gasteiger partial charge on any atom is 0.220 e. The van der Waals surface area contributed by atoms with Crippen LogP contribution in [0.3, 0.4) is 0 Å². The molecule has 0 aliphatic carbocycles. The molecule has 0 N–H and O–H groups in total. The predicted octanol–water partition coefficient (Wildman–Crippen LogP) is 7.50. The summed E-state index contributed by atoms with van der Waals surface area (Å²) < 4.78 is 33.1. The maximum atomic E-state index is 14.0. The molecule has 0 atom stereocenters. The van der Waals surface area contributed by atoms with E-state index in [0.717, 1.165) is 23.1 Å². The summed E-state index contributed by atoms with van der Waals surface area (Å²) in [7, 11) is 0. The monoisotopic (exact) mass is 409 g/mol. The lowest BCUT2D eigenvalue weighted by molar-refractivity contribution is 0.485. The molecule has 5 heteroatoms. The summed E-state index contributed by atoms with van der Waals surface area (Å²) in [5.41, 5.74) is 1.85. The van der Waals surface area contributed by atoms with Crippen LogP contribution in [-0.2, 0) is 0 Å². The van der Waals surface area contributed by atoms with E-state index >= 15 is 0 Å². The van der Waals surface area contributed by atoms with Crippen LogP contribution in [-0.4, -0.2) is 5.90 Å². The highest BCUT2D eigenvalue weighted by Crippen LogP contribution is 2.23. The highest BCUT2D eigenvalue weighted by molar-refractivity contribution is 8.02. The molecular weight excluding hydrogens is 388 g/mol. The lowest BCUT2D eigenvalue weighted by Gasteiger charge is -2.08. The standard InChI is InChI=1S/C24H21F2NOS/c1-17(2)18-8-11-20(12-9-18)27-24(14-15-29-21-6-4-3-5-7-21)28-23-16-19(25)10-13-22(23)26/h3-17H,1-2H3. The highest BCUT2D eigenvalue weighted by atomic mass is 32.2. The first-order valence-corrected chi connectivity index (χ1v) is 10.1. The number of rotatable bonds is 6. The number of aliphatic imine (C=N–C) groups is 1. The topological polar surface area (TPSA) is 21.6 Å². The summed E-state index contributed by atoms with van der Waals surface area (Å²) in [6.07, 6.45) is 1.64. The molecule has 0 unspecified atom stereocenters. The van der Waals surface area contributed by atoms with Crippen LogP contribution in [0.15, 0.2) is 94.2 Å². The van der Waals surface area contributed by atoms with Gasteiger partial charge in [-0.3, -0.25) is 0 Å². The minimum Gasteiger partial charge on any atom is -0.436 e. The lowest BCUT2D eigenvalue weighted by Crippen LogP contribution is -2.06. The number of nitrogens with zero attached hydrogens (tertiary/aromatic N) is 1. The summed E-state index contributed by atoms with van der Waals surface area (Å²) in [6, 6.07) is 20.6. The number of hydrogen-bond donors (Lipinski definition) is 0. The van der Waals surface area contributed by atoms with Gasteiger partial charge in [0.1, 0.15) is 5.82 Å². The van der Waals surface area contributed by atoms with E-state index in [4.69, 9.17) is 4.74 Å². The minimum atomic E-state index is -0.654. The van der Waals surface area contributed by atoms with Crippen LogP contribution in [0.4, 0.5) is 14.5 Å². The second-order valence-corrected chi connectivity index (χ2v) is 7.59. The molecular formula is C24H21F2NOS. The van der Waals surface area contributed by atoms with E-state index in [1.54, 1.807) is 11.5 Å². The Morgan fingerprint density at radius 2 is 1.69 bits per heavy atom.